The molecule has 0 bridgehead atoms. The maximum absolute atomic E-state index is 12.6. The molecule has 1 amide bonds. The number of hydrogen-bond donors (Lipinski definition) is 1. The summed E-state index contributed by atoms with van der Waals surface area (Å²) < 4.78 is 5.79. The van der Waals surface area contributed by atoms with Gasteiger partial charge in [0, 0.05) is 37.5 Å². The second kappa shape index (κ2) is 6.25. The van der Waals surface area contributed by atoms with Gasteiger partial charge in [0.15, 0.2) is 0 Å². The van der Waals surface area contributed by atoms with Gasteiger partial charge in [-0.05, 0) is 32.6 Å². The van der Waals surface area contributed by atoms with E-state index in [-0.39, 0.29) is 23.5 Å². The average molecular weight is 295 g/mol. The monoisotopic (exact) mass is 295 g/mol. The normalized spacial score (nSPS) is 33.0. The largest absolute Gasteiger partial charge is 0.392 e. The Morgan fingerprint density at radius 3 is 2.48 bits per heavy atom. The molecular weight excluding hydrogens is 266 g/mol. The molecule has 0 radical (unpaired) electrons. The number of piperidine rings is 1. The van der Waals surface area contributed by atoms with E-state index in [2.05, 4.69) is 4.90 Å². The lowest BCUT2D eigenvalue weighted by Crippen LogP contribution is -2.63. The van der Waals surface area contributed by atoms with E-state index in [4.69, 9.17) is 4.74 Å². The molecule has 0 aromatic heterocycles. The van der Waals surface area contributed by atoms with Crippen molar-refractivity contribution in [2.24, 2.45) is 11.3 Å². The zero-order valence-electron chi connectivity index (χ0n) is 13.2. The zero-order valence-corrected chi connectivity index (χ0v) is 13.2. The molecular formula is C17H29NO3. The summed E-state index contributed by atoms with van der Waals surface area (Å²) in [4.78, 5) is 14.6. The molecule has 1 N–H and O–H groups in total. The number of rotatable bonds is 3. The summed E-state index contributed by atoms with van der Waals surface area (Å²) in [6.45, 7) is 4.33. The maximum Gasteiger partial charge on any atom is 0.225 e. The first-order valence-electron chi connectivity index (χ1n) is 8.76. The van der Waals surface area contributed by atoms with E-state index >= 15 is 0 Å². The van der Waals surface area contributed by atoms with E-state index in [0.717, 1.165) is 45.2 Å². The summed E-state index contributed by atoms with van der Waals surface area (Å²) in [7, 11) is 0. The third-order valence-electron chi connectivity index (χ3n) is 6.07. The summed E-state index contributed by atoms with van der Waals surface area (Å²) >= 11 is 0. The number of nitrogens with zero attached hydrogens (tertiary/aromatic N) is 1. The smallest absolute Gasteiger partial charge is 0.225 e. The zero-order chi connectivity index (χ0) is 14.9. The molecule has 1 heterocycles. The fourth-order valence-electron chi connectivity index (χ4n) is 4.57. The van der Waals surface area contributed by atoms with Gasteiger partial charge in [0.1, 0.15) is 0 Å². The molecule has 1 spiro atoms. The fraction of sp³-hybridized carbons (Fsp3) is 0.941. The number of ether oxygens (including phenoxy) is 1. The van der Waals surface area contributed by atoms with Crippen LogP contribution in [0.25, 0.3) is 0 Å². The van der Waals surface area contributed by atoms with Crippen molar-refractivity contribution in [2.45, 2.75) is 70.5 Å². The van der Waals surface area contributed by atoms with Crippen LogP contribution in [0.15, 0.2) is 0 Å². The average Bonchev–Trinajstić information content (AvgIpc) is 2.55. The summed E-state index contributed by atoms with van der Waals surface area (Å²) in [6.07, 6.45) is 8.38. The first-order chi connectivity index (χ1) is 10.2. The van der Waals surface area contributed by atoms with Crippen LogP contribution in [0.5, 0.6) is 0 Å². The molecule has 0 aromatic carbocycles. The van der Waals surface area contributed by atoms with Crippen LogP contribution < -0.4 is 0 Å². The van der Waals surface area contributed by atoms with Crippen LogP contribution in [0.2, 0.25) is 0 Å². The van der Waals surface area contributed by atoms with Gasteiger partial charge in [0.25, 0.3) is 0 Å². The number of hydrogen-bond acceptors (Lipinski definition) is 3. The molecule has 3 rings (SSSR count). The molecule has 2 aliphatic carbocycles. The Hall–Kier alpha value is -0.610. The number of carbonyl (C=O) groups is 1. The topological polar surface area (TPSA) is 49.8 Å². The quantitative estimate of drug-likeness (QED) is 0.869. The van der Waals surface area contributed by atoms with E-state index in [1.165, 1.54) is 19.3 Å². The third kappa shape index (κ3) is 2.72. The van der Waals surface area contributed by atoms with Gasteiger partial charge in [-0.25, -0.2) is 0 Å². The molecule has 3 aliphatic rings. The van der Waals surface area contributed by atoms with Gasteiger partial charge < -0.3 is 14.7 Å². The molecule has 4 heteroatoms. The number of aliphatic hydroxyl groups excluding tert-OH is 1. The Bertz CT molecular complexity index is 368. The first kappa shape index (κ1) is 15.3. The van der Waals surface area contributed by atoms with Crippen LogP contribution in [-0.2, 0) is 9.53 Å². The van der Waals surface area contributed by atoms with Crippen LogP contribution in [0.3, 0.4) is 0 Å². The third-order valence-corrected chi connectivity index (χ3v) is 6.07. The van der Waals surface area contributed by atoms with Gasteiger partial charge in [0.05, 0.1) is 12.2 Å². The van der Waals surface area contributed by atoms with Crippen molar-refractivity contribution in [2.75, 3.05) is 19.7 Å². The van der Waals surface area contributed by atoms with Gasteiger partial charge >= 0.3 is 0 Å². The van der Waals surface area contributed by atoms with Gasteiger partial charge in [-0.15, -0.1) is 0 Å². The highest BCUT2D eigenvalue weighted by molar-refractivity contribution is 5.79. The minimum absolute atomic E-state index is 0.0701. The summed E-state index contributed by atoms with van der Waals surface area (Å²) in [5, 5.41) is 10.2. The first-order valence-corrected chi connectivity index (χ1v) is 8.76. The van der Waals surface area contributed by atoms with Crippen molar-refractivity contribution in [3.05, 3.63) is 0 Å². The van der Waals surface area contributed by atoms with Crippen molar-refractivity contribution < 1.29 is 14.6 Å². The lowest BCUT2D eigenvalue weighted by Gasteiger charge is -2.56. The van der Waals surface area contributed by atoms with Gasteiger partial charge in [-0.2, -0.15) is 0 Å². The number of likely N-dealkylation sites (tertiary alicyclic amines) is 1. The summed E-state index contributed by atoms with van der Waals surface area (Å²) in [5.74, 6) is 0.633. The fourth-order valence-corrected chi connectivity index (χ4v) is 4.57. The van der Waals surface area contributed by atoms with Crippen molar-refractivity contribution in [1.82, 2.24) is 4.90 Å². The molecule has 21 heavy (non-hydrogen) atoms. The summed E-state index contributed by atoms with van der Waals surface area (Å²) in [6, 6.07) is 0. The van der Waals surface area contributed by atoms with E-state index in [1.54, 1.807) is 0 Å². The Labute approximate surface area is 127 Å². The highest BCUT2D eigenvalue weighted by Gasteiger charge is 2.56. The van der Waals surface area contributed by atoms with Crippen molar-refractivity contribution >= 4 is 5.91 Å². The lowest BCUT2D eigenvalue weighted by atomic mass is 9.58. The van der Waals surface area contributed by atoms with Crippen LogP contribution in [0.1, 0.15) is 58.3 Å². The Balaban J connectivity index is 1.56. The molecule has 2 saturated carbocycles. The molecule has 120 valence electrons. The number of carbonyl (C=O) groups excluding carboxylic acids is 1. The van der Waals surface area contributed by atoms with E-state index in [9.17, 15) is 9.90 Å². The Kier molecular flexibility index (Phi) is 4.55. The van der Waals surface area contributed by atoms with E-state index in [1.807, 2.05) is 6.92 Å². The lowest BCUT2D eigenvalue weighted by molar-refractivity contribution is -0.210. The highest BCUT2D eigenvalue weighted by Crippen LogP contribution is 2.51. The highest BCUT2D eigenvalue weighted by atomic mass is 16.5. The number of amides is 1. The van der Waals surface area contributed by atoms with Crippen LogP contribution >= 0.6 is 0 Å². The Morgan fingerprint density at radius 2 is 1.90 bits per heavy atom. The van der Waals surface area contributed by atoms with Crippen LogP contribution in [0, 0.1) is 11.3 Å². The van der Waals surface area contributed by atoms with Crippen molar-refractivity contribution in [3.8, 4) is 0 Å². The van der Waals surface area contributed by atoms with Crippen LogP contribution in [0.4, 0.5) is 0 Å². The molecule has 1 aliphatic heterocycles. The van der Waals surface area contributed by atoms with Crippen molar-refractivity contribution in [3.63, 3.8) is 0 Å². The van der Waals surface area contributed by atoms with Gasteiger partial charge in [-0.3, -0.25) is 4.79 Å². The second-order valence-electron chi connectivity index (χ2n) is 7.09. The van der Waals surface area contributed by atoms with E-state index < -0.39 is 0 Å². The SMILES string of the molecule is CCOC1CC(O)C12CCN(C(=O)C1CCCCC1)CC2. The van der Waals surface area contributed by atoms with Crippen LogP contribution in [-0.4, -0.2) is 47.8 Å². The minimum atomic E-state index is -0.235. The molecule has 0 aromatic rings. The molecule has 2 atom stereocenters. The second-order valence-corrected chi connectivity index (χ2v) is 7.09. The summed E-state index contributed by atoms with van der Waals surface area (Å²) in [5.41, 5.74) is -0.0701. The predicted molar refractivity (Wildman–Crippen MR) is 80.9 cm³/mol. The van der Waals surface area contributed by atoms with Gasteiger partial charge in [0.2, 0.25) is 5.91 Å². The predicted octanol–water partition coefficient (Wildman–Crippen LogP) is 2.35. The minimum Gasteiger partial charge on any atom is -0.392 e. The van der Waals surface area contributed by atoms with E-state index in [0.29, 0.717) is 12.5 Å². The maximum atomic E-state index is 12.6. The number of aliphatic hydroxyl groups is 1. The van der Waals surface area contributed by atoms with Crippen molar-refractivity contribution in [1.29, 1.82) is 0 Å². The standard InChI is InChI=1S/C17H29NO3/c1-2-21-15-12-14(19)17(15)8-10-18(11-9-17)16(20)13-6-4-3-5-7-13/h13-15,19H,2-12H2,1H3. The molecule has 4 nitrogen and oxygen atoms in total. The molecule has 1 saturated heterocycles. The molecule has 2 unspecified atom stereocenters. The van der Waals surface area contributed by atoms with Gasteiger partial charge in [-0.1, -0.05) is 19.3 Å². The Morgan fingerprint density at radius 1 is 1.24 bits per heavy atom. The molecule has 3 fully saturated rings.